The number of rotatable bonds is 9. The predicted molar refractivity (Wildman–Crippen MR) is 68.6 cm³/mol. The van der Waals surface area contributed by atoms with E-state index < -0.39 is 5.60 Å². The average molecular weight is 231 g/mol. The van der Waals surface area contributed by atoms with Crippen molar-refractivity contribution in [3.8, 4) is 0 Å². The van der Waals surface area contributed by atoms with Crippen molar-refractivity contribution in [2.24, 2.45) is 11.8 Å². The first kappa shape index (κ1) is 15.9. The summed E-state index contributed by atoms with van der Waals surface area (Å²) < 4.78 is 5.04. The lowest BCUT2D eigenvalue weighted by Gasteiger charge is -2.30. The Kier molecular flexibility index (Phi) is 7.98. The Labute approximate surface area is 101 Å². The molecule has 0 aromatic carbocycles. The Morgan fingerprint density at radius 1 is 1.31 bits per heavy atom. The first-order valence-electron chi connectivity index (χ1n) is 6.32. The van der Waals surface area contributed by atoms with Crippen LogP contribution < -0.4 is 5.32 Å². The quantitative estimate of drug-likeness (QED) is 0.597. The molecule has 2 unspecified atom stereocenters. The van der Waals surface area contributed by atoms with Gasteiger partial charge in [-0.3, -0.25) is 0 Å². The fourth-order valence-corrected chi connectivity index (χ4v) is 1.58. The molecule has 16 heavy (non-hydrogen) atoms. The molecule has 0 aliphatic rings. The van der Waals surface area contributed by atoms with Crippen LogP contribution in [-0.2, 0) is 4.74 Å². The van der Waals surface area contributed by atoms with E-state index in [0.717, 1.165) is 32.5 Å². The third-order valence-electron chi connectivity index (χ3n) is 3.18. The minimum atomic E-state index is -0.595. The van der Waals surface area contributed by atoms with Gasteiger partial charge in [0, 0.05) is 13.7 Å². The fourth-order valence-electron chi connectivity index (χ4n) is 1.58. The van der Waals surface area contributed by atoms with Crippen LogP contribution in [0.1, 0.15) is 40.5 Å². The first-order valence-corrected chi connectivity index (χ1v) is 6.32. The van der Waals surface area contributed by atoms with E-state index in [1.54, 1.807) is 7.11 Å². The molecular weight excluding hydrogens is 202 g/mol. The number of hydrogen-bond donors (Lipinski definition) is 2. The van der Waals surface area contributed by atoms with Crippen molar-refractivity contribution in [1.29, 1.82) is 0 Å². The molecule has 3 nitrogen and oxygen atoms in total. The first-order chi connectivity index (χ1) is 7.40. The molecule has 3 heteroatoms. The zero-order chi connectivity index (χ0) is 12.6. The molecule has 0 aliphatic heterocycles. The van der Waals surface area contributed by atoms with Gasteiger partial charge in [0.25, 0.3) is 0 Å². The van der Waals surface area contributed by atoms with Crippen molar-refractivity contribution in [2.75, 3.05) is 26.8 Å². The van der Waals surface area contributed by atoms with Crippen LogP contribution in [0, 0.1) is 11.8 Å². The second-order valence-corrected chi connectivity index (χ2v) is 5.39. The van der Waals surface area contributed by atoms with Gasteiger partial charge in [-0.2, -0.15) is 0 Å². The third-order valence-corrected chi connectivity index (χ3v) is 3.18. The fraction of sp³-hybridized carbons (Fsp3) is 1.00. The van der Waals surface area contributed by atoms with Crippen molar-refractivity contribution in [3.05, 3.63) is 0 Å². The number of methoxy groups -OCH3 is 1. The molecule has 0 saturated carbocycles. The average Bonchev–Trinajstić information content (AvgIpc) is 2.20. The summed E-state index contributed by atoms with van der Waals surface area (Å²) in [6.07, 6.45) is 1.71. The second-order valence-electron chi connectivity index (χ2n) is 5.39. The molecule has 0 bridgehead atoms. The van der Waals surface area contributed by atoms with E-state index >= 15 is 0 Å². The highest BCUT2D eigenvalue weighted by Gasteiger charge is 2.27. The van der Waals surface area contributed by atoms with E-state index in [1.165, 1.54) is 0 Å². The normalized spacial score (nSPS) is 17.4. The molecule has 0 aromatic rings. The van der Waals surface area contributed by atoms with Crippen LogP contribution in [0.5, 0.6) is 0 Å². The van der Waals surface area contributed by atoms with E-state index in [2.05, 4.69) is 26.1 Å². The van der Waals surface area contributed by atoms with Crippen molar-refractivity contribution in [3.63, 3.8) is 0 Å². The summed E-state index contributed by atoms with van der Waals surface area (Å²) in [5.41, 5.74) is -0.595. The van der Waals surface area contributed by atoms with Gasteiger partial charge in [-0.05, 0) is 44.7 Å². The van der Waals surface area contributed by atoms with E-state index in [1.807, 2.05) is 6.92 Å². The van der Waals surface area contributed by atoms with Gasteiger partial charge in [0.1, 0.15) is 0 Å². The highest BCUT2D eigenvalue weighted by atomic mass is 16.5. The molecule has 98 valence electrons. The van der Waals surface area contributed by atoms with Crippen molar-refractivity contribution in [1.82, 2.24) is 5.32 Å². The molecule has 0 spiro atoms. The van der Waals surface area contributed by atoms with Gasteiger partial charge in [-0.1, -0.05) is 20.8 Å². The maximum absolute atomic E-state index is 10.3. The summed E-state index contributed by atoms with van der Waals surface area (Å²) in [7, 11) is 1.70. The van der Waals surface area contributed by atoms with Gasteiger partial charge in [0.05, 0.1) is 5.60 Å². The van der Waals surface area contributed by atoms with E-state index in [9.17, 15) is 5.11 Å². The molecule has 0 rings (SSSR count). The topological polar surface area (TPSA) is 41.5 Å². The minimum absolute atomic E-state index is 0.272. The molecule has 0 saturated heterocycles. The number of hydrogen-bond acceptors (Lipinski definition) is 3. The van der Waals surface area contributed by atoms with Crippen LogP contribution in [-0.4, -0.2) is 37.5 Å². The standard InChI is InChI=1S/C13H29NO2/c1-11(2)10-14-8-7-13(4,15)12(3)6-9-16-5/h11-12,14-15H,6-10H2,1-5H3. The molecule has 0 radical (unpaired) electrons. The molecule has 0 heterocycles. The summed E-state index contributed by atoms with van der Waals surface area (Å²) in [5.74, 6) is 0.934. The minimum Gasteiger partial charge on any atom is -0.390 e. The number of aliphatic hydroxyl groups is 1. The Morgan fingerprint density at radius 2 is 1.94 bits per heavy atom. The molecule has 2 atom stereocenters. The molecular formula is C13H29NO2. The Hall–Kier alpha value is -0.120. The Bertz CT molecular complexity index is 169. The molecule has 0 aliphatic carbocycles. The van der Waals surface area contributed by atoms with Crippen LogP contribution in [0.25, 0.3) is 0 Å². The Balaban J connectivity index is 3.75. The van der Waals surface area contributed by atoms with Gasteiger partial charge < -0.3 is 15.2 Å². The molecule has 0 amide bonds. The van der Waals surface area contributed by atoms with Gasteiger partial charge in [0.2, 0.25) is 0 Å². The van der Waals surface area contributed by atoms with Crippen LogP contribution in [0.4, 0.5) is 0 Å². The van der Waals surface area contributed by atoms with E-state index in [-0.39, 0.29) is 5.92 Å². The summed E-state index contributed by atoms with van der Waals surface area (Å²) in [6, 6.07) is 0. The van der Waals surface area contributed by atoms with Crippen molar-refractivity contribution < 1.29 is 9.84 Å². The summed E-state index contributed by atoms with van der Waals surface area (Å²) in [6.45, 7) is 11.0. The van der Waals surface area contributed by atoms with E-state index in [0.29, 0.717) is 5.92 Å². The highest BCUT2D eigenvalue weighted by molar-refractivity contribution is 4.79. The lowest BCUT2D eigenvalue weighted by atomic mass is 9.85. The van der Waals surface area contributed by atoms with Gasteiger partial charge in [0.15, 0.2) is 0 Å². The molecule has 0 aromatic heterocycles. The number of ether oxygens (including phenoxy) is 1. The van der Waals surface area contributed by atoms with Crippen molar-refractivity contribution in [2.45, 2.75) is 46.1 Å². The highest BCUT2D eigenvalue weighted by Crippen LogP contribution is 2.23. The van der Waals surface area contributed by atoms with Gasteiger partial charge in [-0.15, -0.1) is 0 Å². The Morgan fingerprint density at radius 3 is 2.44 bits per heavy atom. The van der Waals surface area contributed by atoms with E-state index in [4.69, 9.17) is 4.74 Å². The SMILES string of the molecule is COCCC(C)C(C)(O)CCNCC(C)C. The lowest BCUT2D eigenvalue weighted by molar-refractivity contribution is -0.0127. The van der Waals surface area contributed by atoms with Crippen LogP contribution in [0.3, 0.4) is 0 Å². The molecule has 0 fully saturated rings. The second kappa shape index (κ2) is 8.04. The monoisotopic (exact) mass is 231 g/mol. The zero-order valence-electron chi connectivity index (χ0n) is 11.5. The van der Waals surface area contributed by atoms with Crippen LogP contribution >= 0.6 is 0 Å². The maximum Gasteiger partial charge on any atom is 0.0658 e. The van der Waals surface area contributed by atoms with Gasteiger partial charge in [-0.25, -0.2) is 0 Å². The largest absolute Gasteiger partial charge is 0.390 e. The molecule has 2 N–H and O–H groups in total. The summed E-state index contributed by atoms with van der Waals surface area (Å²) in [4.78, 5) is 0. The predicted octanol–water partition coefficient (Wildman–Crippen LogP) is 2.05. The summed E-state index contributed by atoms with van der Waals surface area (Å²) in [5, 5.41) is 13.6. The van der Waals surface area contributed by atoms with Gasteiger partial charge >= 0.3 is 0 Å². The van der Waals surface area contributed by atoms with Crippen LogP contribution in [0.15, 0.2) is 0 Å². The third kappa shape index (κ3) is 7.20. The summed E-state index contributed by atoms with van der Waals surface area (Å²) >= 11 is 0. The smallest absolute Gasteiger partial charge is 0.0658 e. The lowest BCUT2D eigenvalue weighted by Crippen LogP contribution is -2.37. The van der Waals surface area contributed by atoms with Crippen molar-refractivity contribution >= 4 is 0 Å². The zero-order valence-corrected chi connectivity index (χ0v) is 11.5. The maximum atomic E-state index is 10.3. The number of nitrogens with one attached hydrogen (secondary N) is 1. The van der Waals surface area contributed by atoms with Crippen LogP contribution in [0.2, 0.25) is 0 Å².